The lowest BCUT2D eigenvalue weighted by Gasteiger charge is -2.18. The van der Waals surface area contributed by atoms with Crippen molar-refractivity contribution in [1.29, 1.82) is 0 Å². The Morgan fingerprint density at radius 1 is 0.950 bits per heavy atom. The third-order valence-electron chi connectivity index (χ3n) is 6.97. The number of benzene rings is 4. The van der Waals surface area contributed by atoms with Crippen LogP contribution in [0, 0.1) is 6.92 Å². The fraction of sp³-hybridized carbons (Fsp3) is 0.156. The van der Waals surface area contributed by atoms with Gasteiger partial charge < -0.3 is 10.4 Å². The van der Waals surface area contributed by atoms with Crippen molar-refractivity contribution in [3.63, 3.8) is 0 Å². The topological polar surface area (TPSA) is 84.2 Å². The van der Waals surface area contributed by atoms with Gasteiger partial charge in [0.15, 0.2) is 0 Å². The van der Waals surface area contributed by atoms with Crippen molar-refractivity contribution in [2.75, 3.05) is 6.54 Å². The van der Waals surface area contributed by atoms with E-state index in [1.54, 1.807) is 18.2 Å². The molecule has 40 heavy (non-hydrogen) atoms. The molecule has 1 heterocycles. The molecule has 1 aromatic heterocycles. The first-order chi connectivity index (χ1) is 19.2. The van der Waals surface area contributed by atoms with Gasteiger partial charge in [-0.25, -0.2) is 0 Å². The number of rotatable bonds is 8. The van der Waals surface area contributed by atoms with Gasteiger partial charge >= 0.3 is 5.97 Å². The third-order valence-corrected chi connectivity index (χ3v) is 7.41. The molecular formula is C32H27Cl2N3O3. The van der Waals surface area contributed by atoms with E-state index in [9.17, 15) is 9.59 Å². The maximum absolute atomic E-state index is 12.5. The van der Waals surface area contributed by atoms with Gasteiger partial charge in [0.25, 0.3) is 5.91 Å². The van der Waals surface area contributed by atoms with Crippen LogP contribution >= 0.6 is 23.2 Å². The van der Waals surface area contributed by atoms with Gasteiger partial charge in [-0.1, -0.05) is 77.8 Å². The number of carbonyl (C=O) groups is 2. The number of fused-ring (bicyclic) bond motifs is 1. The number of amides is 1. The van der Waals surface area contributed by atoms with E-state index in [1.807, 2.05) is 47.1 Å². The Hall–Kier alpha value is -4.13. The fourth-order valence-corrected chi connectivity index (χ4v) is 5.48. The van der Waals surface area contributed by atoms with E-state index in [-0.39, 0.29) is 24.9 Å². The minimum atomic E-state index is -0.958. The van der Waals surface area contributed by atoms with Gasteiger partial charge in [-0.15, -0.1) is 0 Å². The smallest absolute Gasteiger partial charge is 0.305 e. The minimum absolute atomic E-state index is 0.0730. The second-order valence-electron chi connectivity index (χ2n) is 9.65. The van der Waals surface area contributed by atoms with E-state index in [2.05, 4.69) is 43.4 Å². The first-order valence-electron chi connectivity index (χ1n) is 12.9. The number of aliphatic carboxylic acids is 1. The van der Waals surface area contributed by atoms with Crippen LogP contribution in [0.5, 0.6) is 0 Å². The Morgan fingerprint density at radius 2 is 1.62 bits per heavy atom. The minimum Gasteiger partial charge on any atom is -0.481 e. The molecule has 1 atom stereocenters. The SMILES string of the molecule is Cc1c(-c2cc(Cl)cc(Cl)c2)nn(C(C)c2ccc(C(=O)NCCC(=O)O)cc2)c1-c1cccc2ccccc12. The molecule has 5 aromatic rings. The van der Waals surface area contributed by atoms with Crippen LogP contribution < -0.4 is 5.32 Å². The fourth-order valence-electron chi connectivity index (χ4n) is 4.96. The zero-order chi connectivity index (χ0) is 28.4. The maximum Gasteiger partial charge on any atom is 0.305 e. The largest absolute Gasteiger partial charge is 0.481 e. The van der Waals surface area contributed by atoms with Crippen LogP contribution in [0.25, 0.3) is 33.3 Å². The molecule has 0 aliphatic heterocycles. The number of nitrogens with zero attached hydrogens (tertiary/aromatic N) is 2. The van der Waals surface area contributed by atoms with Crippen LogP contribution in [0.1, 0.15) is 40.9 Å². The Labute approximate surface area is 242 Å². The summed E-state index contributed by atoms with van der Waals surface area (Å²) in [6.07, 6.45) is -0.128. The van der Waals surface area contributed by atoms with Crippen LogP contribution in [0.15, 0.2) is 84.9 Å². The number of carboxylic acids is 1. The maximum atomic E-state index is 12.5. The first kappa shape index (κ1) is 27.4. The van der Waals surface area contributed by atoms with E-state index < -0.39 is 5.97 Å². The van der Waals surface area contributed by atoms with Crippen molar-refractivity contribution in [3.8, 4) is 22.5 Å². The van der Waals surface area contributed by atoms with Gasteiger partial charge in [-0.05, 0) is 60.5 Å². The summed E-state index contributed by atoms with van der Waals surface area (Å²) in [5.41, 5.74) is 6.07. The zero-order valence-electron chi connectivity index (χ0n) is 22.0. The summed E-state index contributed by atoms with van der Waals surface area (Å²) in [5, 5.41) is 19.9. The van der Waals surface area contributed by atoms with Crippen LogP contribution in [-0.2, 0) is 4.79 Å². The van der Waals surface area contributed by atoms with Crippen molar-refractivity contribution in [2.45, 2.75) is 26.3 Å². The first-order valence-corrected chi connectivity index (χ1v) is 13.6. The third kappa shape index (κ3) is 5.60. The summed E-state index contributed by atoms with van der Waals surface area (Å²) in [4.78, 5) is 23.2. The molecule has 2 N–H and O–H groups in total. The quantitative estimate of drug-likeness (QED) is 0.199. The Kier molecular flexibility index (Phi) is 7.92. The van der Waals surface area contributed by atoms with Gasteiger partial charge in [-0.2, -0.15) is 5.10 Å². The molecule has 4 aromatic carbocycles. The number of halogens is 2. The van der Waals surface area contributed by atoms with Crippen molar-refractivity contribution in [2.24, 2.45) is 0 Å². The molecule has 5 rings (SSSR count). The molecule has 0 bridgehead atoms. The summed E-state index contributed by atoms with van der Waals surface area (Å²) < 4.78 is 2.02. The van der Waals surface area contributed by atoms with Crippen molar-refractivity contribution in [1.82, 2.24) is 15.1 Å². The summed E-state index contributed by atoms with van der Waals surface area (Å²) in [7, 11) is 0. The normalized spacial score (nSPS) is 11.9. The van der Waals surface area contributed by atoms with Crippen LogP contribution in [0.4, 0.5) is 0 Å². The van der Waals surface area contributed by atoms with E-state index >= 15 is 0 Å². The number of carbonyl (C=O) groups excluding carboxylic acids is 1. The number of hydrogen-bond donors (Lipinski definition) is 2. The number of nitrogens with one attached hydrogen (secondary N) is 1. The Bertz CT molecular complexity index is 1700. The molecule has 0 fully saturated rings. The average Bonchev–Trinajstić information content (AvgIpc) is 3.28. The molecule has 0 saturated carbocycles. The van der Waals surface area contributed by atoms with Gasteiger partial charge in [-0.3, -0.25) is 14.3 Å². The lowest BCUT2D eigenvalue weighted by atomic mass is 9.97. The molecule has 0 saturated heterocycles. The summed E-state index contributed by atoms with van der Waals surface area (Å²) in [6.45, 7) is 4.20. The molecule has 8 heteroatoms. The molecule has 6 nitrogen and oxygen atoms in total. The predicted octanol–water partition coefficient (Wildman–Crippen LogP) is 7.80. The molecule has 0 aliphatic rings. The molecule has 1 unspecified atom stereocenters. The van der Waals surface area contributed by atoms with Crippen LogP contribution in [-0.4, -0.2) is 33.3 Å². The van der Waals surface area contributed by atoms with Crippen molar-refractivity contribution >= 4 is 45.9 Å². The average molecular weight is 572 g/mol. The lowest BCUT2D eigenvalue weighted by molar-refractivity contribution is -0.136. The Balaban J connectivity index is 1.59. The van der Waals surface area contributed by atoms with Gasteiger partial charge in [0.1, 0.15) is 0 Å². The van der Waals surface area contributed by atoms with Gasteiger partial charge in [0, 0.05) is 38.8 Å². The van der Waals surface area contributed by atoms with E-state index in [0.717, 1.165) is 44.4 Å². The highest BCUT2D eigenvalue weighted by atomic mass is 35.5. The second kappa shape index (κ2) is 11.5. The van der Waals surface area contributed by atoms with Crippen LogP contribution in [0.3, 0.4) is 0 Å². The van der Waals surface area contributed by atoms with Gasteiger partial charge in [0.05, 0.1) is 23.9 Å². The number of aromatic nitrogens is 2. The van der Waals surface area contributed by atoms with E-state index in [4.69, 9.17) is 33.4 Å². The standard InChI is InChI=1S/C32H27Cl2N3O3/c1-19-30(24-16-25(33)18-26(34)17-24)36-37(31(19)28-9-5-7-22-6-3-4-8-27(22)28)20(2)21-10-12-23(13-11-21)32(40)35-15-14-29(38)39/h3-13,16-18,20H,14-15H2,1-2H3,(H,35,40)(H,38,39). The molecule has 0 spiro atoms. The molecular weight excluding hydrogens is 545 g/mol. The van der Waals surface area contributed by atoms with Gasteiger partial charge in [0.2, 0.25) is 0 Å². The summed E-state index contributed by atoms with van der Waals surface area (Å²) in [6, 6.07) is 27.0. The number of carboxylic acid groups (broad SMARTS) is 1. The highest BCUT2D eigenvalue weighted by molar-refractivity contribution is 6.35. The Morgan fingerprint density at radius 3 is 2.33 bits per heavy atom. The molecule has 1 amide bonds. The van der Waals surface area contributed by atoms with Crippen LogP contribution in [0.2, 0.25) is 10.0 Å². The van der Waals surface area contributed by atoms with E-state index in [1.165, 1.54) is 0 Å². The molecule has 0 radical (unpaired) electrons. The summed E-state index contributed by atoms with van der Waals surface area (Å²) in [5.74, 6) is -1.27. The second-order valence-corrected chi connectivity index (χ2v) is 10.5. The highest BCUT2D eigenvalue weighted by Gasteiger charge is 2.23. The highest BCUT2D eigenvalue weighted by Crippen LogP contribution is 2.39. The predicted molar refractivity (Wildman–Crippen MR) is 160 cm³/mol. The van der Waals surface area contributed by atoms with E-state index in [0.29, 0.717) is 15.6 Å². The molecule has 202 valence electrons. The summed E-state index contributed by atoms with van der Waals surface area (Å²) >= 11 is 12.7. The zero-order valence-corrected chi connectivity index (χ0v) is 23.5. The molecule has 0 aliphatic carbocycles. The van der Waals surface area contributed by atoms with Crippen molar-refractivity contribution < 1.29 is 14.7 Å². The van der Waals surface area contributed by atoms with Crippen molar-refractivity contribution in [3.05, 3.63) is 112 Å². The lowest BCUT2D eigenvalue weighted by Crippen LogP contribution is -2.26. The number of hydrogen-bond acceptors (Lipinski definition) is 3. The monoisotopic (exact) mass is 571 g/mol.